The second-order valence-corrected chi connectivity index (χ2v) is 12.4. The molecular weight excluding hydrogens is 551 g/mol. The van der Waals surface area contributed by atoms with Gasteiger partial charge in [-0.1, -0.05) is 23.5 Å². The van der Waals surface area contributed by atoms with Crippen LogP contribution in [0.2, 0.25) is 0 Å². The Labute approximate surface area is 227 Å². The molecule has 5 rings (SSSR count). The van der Waals surface area contributed by atoms with E-state index in [9.17, 15) is 22.4 Å². The zero-order valence-electron chi connectivity index (χ0n) is 20.5. The average Bonchev–Trinajstić information content (AvgIpc) is 3.70. The van der Waals surface area contributed by atoms with Crippen molar-refractivity contribution in [2.45, 2.75) is 48.0 Å². The molecule has 1 unspecified atom stereocenters. The van der Waals surface area contributed by atoms with Crippen LogP contribution >= 0.6 is 11.3 Å². The second-order valence-electron chi connectivity index (χ2n) is 9.16. The van der Waals surface area contributed by atoms with Crippen molar-refractivity contribution in [1.82, 2.24) is 4.98 Å². The van der Waals surface area contributed by atoms with E-state index >= 15 is 0 Å². The molecule has 1 amide bonds. The third-order valence-electron chi connectivity index (χ3n) is 6.31. The van der Waals surface area contributed by atoms with Crippen LogP contribution in [0.1, 0.15) is 47.7 Å². The van der Waals surface area contributed by atoms with Crippen molar-refractivity contribution >= 4 is 38.2 Å². The van der Waals surface area contributed by atoms with E-state index in [1.807, 2.05) is 0 Å². The highest BCUT2D eigenvalue weighted by molar-refractivity contribution is 7.92. The predicted molar refractivity (Wildman–Crippen MR) is 138 cm³/mol. The van der Waals surface area contributed by atoms with Crippen molar-refractivity contribution in [2.24, 2.45) is 0 Å². The minimum Gasteiger partial charge on any atom is -0.478 e. The smallest absolute Gasteiger partial charge is 0.338 e. The Balaban J connectivity index is 1.31. The predicted octanol–water partition coefficient (Wildman–Crippen LogP) is 4.58. The van der Waals surface area contributed by atoms with Crippen LogP contribution in [0.4, 0.5) is 9.52 Å². The van der Waals surface area contributed by atoms with Crippen LogP contribution in [0.3, 0.4) is 0 Å². The maximum atomic E-state index is 14.0. The zero-order chi connectivity index (χ0) is 27.6. The Morgan fingerprint density at radius 1 is 1.10 bits per heavy atom. The molecule has 0 bridgehead atoms. The van der Waals surface area contributed by atoms with Crippen molar-refractivity contribution in [3.63, 3.8) is 0 Å². The largest absolute Gasteiger partial charge is 0.478 e. The third-order valence-corrected chi connectivity index (χ3v) is 9.38. The highest BCUT2D eigenvalue weighted by Gasteiger charge is 2.37. The Morgan fingerprint density at radius 2 is 1.82 bits per heavy atom. The van der Waals surface area contributed by atoms with Gasteiger partial charge in [-0.3, -0.25) is 10.1 Å². The van der Waals surface area contributed by atoms with Crippen molar-refractivity contribution in [1.29, 1.82) is 0 Å². The van der Waals surface area contributed by atoms with Gasteiger partial charge < -0.3 is 19.3 Å². The minimum atomic E-state index is -3.37. The summed E-state index contributed by atoms with van der Waals surface area (Å²) in [6, 6.07) is 9.54. The number of rotatable bonds is 10. The molecule has 10 nitrogen and oxygen atoms in total. The molecule has 39 heavy (non-hydrogen) atoms. The lowest BCUT2D eigenvalue weighted by molar-refractivity contribution is -0.136. The highest BCUT2D eigenvalue weighted by atomic mass is 32.2. The molecule has 2 heterocycles. The molecule has 0 radical (unpaired) electrons. The molecule has 2 aliphatic rings. The first-order chi connectivity index (χ1) is 18.7. The number of carbonyl (C=O) groups excluding carboxylic acids is 1. The number of carboxylic acid groups (broad SMARTS) is 1. The first kappa shape index (κ1) is 27.2. The van der Waals surface area contributed by atoms with Gasteiger partial charge in [0.15, 0.2) is 21.1 Å². The molecule has 1 atom stereocenters. The summed E-state index contributed by atoms with van der Waals surface area (Å²) in [4.78, 5) is 28.7. The van der Waals surface area contributed by atoms with E-state index < -0.39 is 39.2 Å². The van der Waals surface area contributed by atoms with Crippen LogP contribution < -0.4 is 10.1 Å². The number of halogens is 1. The topological polar surface area (TPSA) is 141 Å². The van der Waals surface area contributed by atoms with E-state index in [1.54, 1.807) is 12.1 Å². The van der Waals surface area contributed by atoms with Crippen LogP contribution in [0.25, 0.3) is 0 Å². The van der Waals surface area contributed by atoms with Gasteiger partial charge in [-0.25, -0.2) is 22.6 Å². The molecule has 2 aromatic carbocycles. The molecule has 0 spiro atoms. The zero-order valence-corrected chi connectivity index (χ0v) is 22.2. The number of thiazole rings is 1. The van der Waals surface area contributed by atoms with Gasteiger partial charge in [-0.05, 0) is 55.5 Å². The normalized spacial score (nSPS) is 16.9. The van der Waals surface area contributed by atoms with Crippen molar-refractivity contribution in [3.05, 3.63) is 65.6 Å². The molecule has 2 fully saturated rings. The molecule has 2 N–H and O–H groups in total. The number of nitrogens with one attached hydrogen (secondary N) is 1. The van der Waals surface area contributed by atoms with Gasteiger partial charge in [0, 0.05) is 19.3 Å². The fourth-order valence-corrected chi connectivity index (χ4v) is 6.43. The van der Waals surface area contributed by atoms with Gasteiger partial charge in [-0.2, -0.15) is 0 Å². The number of benzene rings is 2. The van der Waals surface area contributed by atoms with Gasteiger partial charge in [0.1, 0.15) is 11.6 Å². The number of aromatic carboxylic acids is 1. The number of ether oxygens (including phenoxy) is 3. The summed E-state index contributed by atoms with van der Waals surface area (Å²) in [6.07, 6.45) is 2.64. The fraction of sp³-hybridized carbons (Fsp3) is 0.346. The lowest BCUT2D eigenvalue weighted by Gasteiger charge is -2.27. The molecule has 13 heteroatoms. The van der Waals surface area contributed by atoms with Gasteiger partial charge in [0.05, 0.1) is 28.0 Å². The number of anilines is 1. The van der Waals surface area contributed by atoms with E-state index in [-0.39, 0.29) is 32.2 Å². The number of aromatic nitrogens is 1. The summed E-state index contributed by atoms with van der Waals surface area (Å²) in [7, 11) is -3.37. The summed E-state index contributed by atoms with van der Waals surface area (Å²) < 4.78 is 56.2. The number of carboxylic acids is 1. The van der Waals surface area contributed by atoms with E-state index in [0.717, 1.165) is 23.5 Å². The fourth-order valence-electron chi connectivity index (χ4n) is 4.08. The van der Waals surface area contributed by atoms with Crippen molar-refractivity contribution < 1.29 is 41.7 Å². The number of carbonyl (C=O) groups is 2. The van der Waals surface area contributed by atoms with Crippen molar-refractivity contribution in [3.8, 4) is 10.8 Å². The SMILES string of the molecule is O=C(O)c1ccc(Oc2cnc(NC(=O)C(OC3CCOCC3)c3ccc(S(=O)(=O)C4CC4)cc3)s2)cc1F. The molecule has 1 saturated carbocycles. The molecule has 206 valence electrons. The van der Waals surface area contributed by atoms with E-state index in [4.69, 9.17) is 19.3 Å². The minimum absolute atomic E-state index is 0.0704. The second kappa shape index (κ2) is 11.4. The number of nitrogens with zero attached hydrogens (tertiary/aromatic N) is 1. The Kier molecular flexibility index (Phi) is 7.93. The summed E-state index contributed by atoms with van der Waals surface area (Å²) in [5, 5.41) is 11.8. The highest BCUT2D eigenvalue weighted by Crippen LogP contribution is 2.35. The van der Waals surface area contributed by atoms with Crippen LogP contribution in [-0.4, -0.2) is 55.0 Å². The summed E-state index contributed by atoms with van der Waals surface area (Å²) in [6.45, 7) is 1.03. The first-order valence-electron chi connectivity index (χ1n) is 12.2. The average molecular weight is 577 g/mol. The lowest BCUT2D eigenvalue weighted by Crippen LogP contribution is -2.31. The third kappa shape index (κ3) is 6.44. The Bertz CT molecular complexity index is 1470. The lowest BCUT2D eigenvalue weighted by atomic mass is 10.1. The maximum absolute atomic E-state index is 14.0. The van der Waals surface area contributed by atoms with Gasteiger partial charge >= 0.3 is 5.97 Å². The van der Waals surface area contributed by atoms with Crippen LogP contribution in [-0.2, 0) is 24.1 Å². The van der Waals surface area contributed by atoms with Crippen LogP contribution in [0.15, 0.2) is 53.6 Å². The van der Waals surface area contributed by atoms with E-state index in [2.05, 4.69) is 10.3 Å². The summed E-state index contributed by atoms with van der Waals surface area (Å²) in [5.74, 6) is -2.77. The van der Waals surface area contributed by atoms with Crippen molar-refractivity contribution in [2.75, 3.05) is 18.5 Å². The first-order valence-corrected chi connectivity index (χ1v) is 14.6. The van der Waals surface area contributed by atoms with Crippen LogP contribution in [0.5, 0.6) is 10.8 Å². The molecular formula is C26H25FN2O8S2. The number of hydrogen-bond donors (Lipinski definition) is 2. The number of hydrogen-bond acceptors (Lipinski definition) is 9. The van der Waals surface area contributed by atoms with Gasteiger partial charge in [0.25, 0.3) is 5.91 Å². The molecule has 1 saturated heterocycles. The maximum Gasteiger partial charge on any atom is 0.338 e. The molecule has 3 aromatic rings. The number of sulfone groups is 1. The standard InChI is InChI=1S/C26H25FN2O8S2/c27-21-13-17(3-8-20(21)25(31)32)36-22-14-28-26(38-22)29-24(30)23(37-16-9-11-35-12-10-16)15-1-4-18(5-2-15)39(33,34)19-6-7-19/h1-5,8,13-14,16,19,23H,6-7,9-12H2,(H,31,32)(H,28,29,30). The molecule has 1 aromatic heterocycles. The molecule has 1 aliphatic carbocycles. The monoisotopic (exact) mass is 576 g/mol. The van der Waals surface area contributed by atoms with E-state index in [0.29, 0.717) is 44.5 Å². The molecule has 1 aliphatic heterocycles. The quantitative estimate of drug-likeness (QED) is 0.355. The Hall–Kier alpha value is -3.39. The van der Waals surface area contributed by atoms with E-state index in [1.165, 1.54) is 24.4 Å². The van der Waals surface area contributed by atoms with Crippen LogP contribution in [0, 0.1) is 5.82 Å². The summed E-state index contributed by atoms with van der Waals surface area (Å²) in [5.41, 5.74) is 0.0177. The Morgan fingerprint density at radius 3 is 2.46 bits per heavy atom. The number of amides is 1. The van der Waals surface area contributed by atoms with Gasteiger partial charge in [-0.15, -0.1) is 0 Å². The van der Waals surface area contributed by atoms with Gasteiger partial charge in [0.2, 0.25) is 5.06 Å². The summed E-state index contributed by atoms with van der Waals surface area (Å²) >= 11 is 0.988.